The number of aryl methyl sites for hydroxylation is 1. The van der Waals surface area contributed by atoms with Crippen molar-refractivity contribution >= 4 is 11.7 Å². The number of likely N-dealkylation sites (tertiary alicyclic amines) is 1. The molecule has 24 heavy (non-hydrogen) atoms. The number of nitrogens with two attached hydrogens (primary N) is 1. The van der Waals surface area contributed by atoms with Crippen molar-refractivity contribution < 1.29 is 9.53 Å². The van der Waals surface area contributed by atoms with Crippen LogP contribution in [0, 0.1) is 12.8 Å². The molecule has 0 saturated carbocycles. The van der Waals surface area contributed by atoms with Gasteiger partial charge in [-0.3, -0.25) is 4.79 Å². The van der Waals surface area contributed by atoms with Crippen LogP contribution in [0.2, 0.25) is 0 Å². The van der Waals surface area contributed by atoms with Gasteiger partial charge in [-0.2, -0.15) is 0 Å². The molecule has 1 aliphatic heterocycles. The van der Waals surface area contributed by atoms with E-state index in [1.165, 1.54) is 6.20 Å². The van der Waals surface area contributed by atoms with Gasteiger partial charge in [0.2, 0.25) is 0 Å². The Morgan fingerprint density at radius 1 is 1.42 bits per heavy atom. The molecule has 2 heterocycles. The normalized spacial score (nSPS) is 20.2. The summed E-state index contributed by atoms with van der Waals surface area (Å²) in [6.07, 6.45) is 2.43. The first-order chi connectivity index (χ1) is 11.5. The molecule has 1 fully saturated rings. The Hall–Kier alpha value is -2.63. The number of hydrogen-bond donors (Lipinski definition) is 1. The molecule has 1 aliphatic rings. The van der Waals surface area contributed by atoms with Crippen molar-refractivity contribution in [1.82, 2.24) is 14.9 Å². The average molecular weight is 326 g/mol. The molecule has 6 heteroatoms. The number of nitrogens with zero attached hydrogens (tertiary/aromatic N) is 3. The largest absolute Gasteiger partial charge is 0.497 e. The van der Waals surface area contributed by atoms with Gasteiger partial charge in [0.05, 0.1) is 13.2 Å². The molecule has 3 rings (SSSR count). The van der Waals surface area contributed by atoms with Crippen LogP contribution < -0.4 is 10.5 Å². The quantitative estimate of drug-likeness (QED) is 0.937. The maximum absolute atomic E-state index is 13.0. The molecule has 2 unspecified atom stereocenters. The number of methoxy groups -OCH3 is 1. The number of hydrogen-bond acceptors (Lipinski definition) is 5. The van der Waals surface area contributed by atoms with Gasteiger partial charge in [0.15, 0.2) is 0 Å². The third kappa shape index (κ3) is 3.04. The van der Waals surface area contributed by atoms with Gasteiger partial charge in [0.25, 0.3) is 5.91 Å². The standard InChI is InChI=1S/C18H22N4O2/c1-11-7-16(13-5-4-6-14(8-13)24-3)22(10-11)18(23)15-9-20-12(2)21-17(15)19/h4-6,8-9,11,16H,7,10H2,1-3H3,(H2,19,20,21). The lowest BCUT2D eigenvalue weighted by Gasteiger charge is -2.25. The van der Waals surface area contributed by atoms with Crippen LogP contribution in [0.3, 0.4) is 0 Å². The number of benzene rings is 1. The minimum absolute atomic E-state index is 0.00306. The highest BCUT2D eigenvalue weighted by Gasteiger charge is 2.35. The molecule has 2 atom stereocenters. The fourth-order valence-electron chi connectivity index (χ4n) is 3.24. The van der Waals surface area contributed by atoms with Crippen LogP contribution in [-0.2, 0) is 0 Å². The summed E-state index contributed by atoms with van der Waals surface area (Å²) in [5.41, 5.74) is 7.37. The molecular formula is C18H22N4O2. The Labute approximate surface area is 141 Å². The third-order valence-corrected chi connectivity index (χ3v) is 4.42. The molecule has 2 N–H and O–H groups in total. The van der Waals surface area contributed by atoms with Crippen LogP contribution in [0.4, 0.5) is 5.82 Å². The summed E-state index contributed by atoms with van der Waals surface area (Å²) in [6, 6.07) is 7.87. The Morgan fingerprint density at radius 3 is 2.92 bits per heavy atom. The smallest absolute Gasteiger partial charge is 0.259 e. The molecule has 0 aliphatic carbocycles. The molecule has 1 amide bonds. The van der Waals surface area contributed by atoms with E-state index in [2.05, 4.69) is 16.9 Å². The monoisotopic (exact) mass is 326 g/mol. The van der Waals surface area contributed by atoms with Crippen LogP contribution >= 0.6 is 0 Å². The van der Waals surface area contributed by atoms with Crippen molar-refractivity contribution in [3.05, 3.63) is 47.4 Å². The summed E-state index contributed by atoms with van der Waals surface area (Å²) >= 11 is 0. The lowest BCUT2D eigenvalue weighted by atomic mass is 10.0. The molecule has 0 spiro atoms. The minimum Gasteiger partial charge on any atom is -0.497 e. The van der Waals surface area contributed by atoms with E-state index in [-0.39, 0.29) is 17.8 Å². The van der Waals surface area contributed by atoms with Crippen LogP contribution in [0.1, 0.15) is 41.1 Å². The van der Waals surface area contributed by atoms with Crippen LogP contribution in [0.25, 0.3) is 0 Å². The Bertz CT molecular complexity index is 762. The van der Waals surface area contributed by atoms with Crippen molar-refractivity contribution in [3.63, 3.8) is 0 Å². The highest BCUT2D eigenvalue weighted by Crippen LogP contribution is 2.37. The number of aromatic nitrogens is 2. The number of rotatable bonds is 3. The summed E-state index contributed by atoms with van der Waals surface area (Å²) in [7, 11) is 1.64. The van der Waals surface area contributed by atoms with Gasteiger partial charge >= 0.3 is 0 Å². The van der Waals surface area contributed by atoms with E-state index in [9.17, 15) is 4.79 Å². The molecule has 1 saturated heterocycles. The first-order valence-electron chi connectivity index (χ1n) is 8.03. The van der Waals surface area contributed by atoms with Crippen molar-refractivity contribution in [3.8, 4) is 5.75 Å². The van der Waals surface area contributed by atoms with Gasteiger partial charge in [-0.25, -0.2) is 9.97 Å². The SMILES string of the molecule is COc1cccc(C2CC(C)CN2C(=O)c2cnc(C)nc2N)c1. The molecule has 126 valence electrons. The van der Waals surface area contributed by atoms with Gasteiger partial charge in [0.1, 0.15) is 23.0 Å². The second-order valence-electron chi connectivity index (χ2n) is 6.31. The molecule has 1 aromatic heterocycles. The predicted molar refractivity (Wildman–Crippen MR) is 91.7 cm³/mol. The third-order valence-electron chi connectivity index (χ3n) is 4.42. The lowest BCUT2D eigenvalue weighted by molar-refractivity contribution is 0.0732. The maximum Gasteiger partial charge on any atom is 0.259 e. The predicted octanol–water partition coefficient (Wildman–Crippen LogP) is 2.60. The van der Waals surface area contributed by atoms with Crippen molar-refractivity contribution in [1.29, 1.82) is 0 Å². The molecular weight excluding hydrogens is 304 g/mol. The number of nitrogen functional groups attached to an aromatic ring is 1. The molecule has 2 aromatic rings. The van der Waals surface area contributed by atoms with E-state index in [1.807, 2.05) is 29.2 Å². The fourth-order valence-corrected chi connectivity index (χ4v) is 3.24. The van der Waals surface area contributed by atoms with Gasteiger partial charge < -0.3 is 15.4 Å². The second kappa shape index (κ2) is 6.47. The first-order valence-corrected chi connectivity index (χ1v) is 8.03. The Balaban J connectivity index is 1.93. The molecule has 6 nitrogen and oxygen atoms in total. The van der Waals surface area contributed by atoms with Crippen molar-refractivity contribution in [2.45, 2.75) is 26.3 Å². The van der Waals surface area contributed by atoms with Crippen molar-refractivity contribution in [2.75, 3.05) is 19.4 Å². The van der Waals surface area contributed by atoms with Gasteiger partial charge in [-0.1, -0.05) is 19.1 Å². The van der Waals surface area contributed by atoms with E-state index in [0.29, 0.717) is 23.9 Å². The highest BCUT2D eigenvalue weighted by atomic mass is 16.5. The zero-order valence-electron chi connectivity index (χ0n) is 14.2. The van der Waals surface area contributed by atoms with E-state index in [0.717, 1.165) is 17.7 Å². The van der Waals surface area contributed by atoms with Crippen LogP contribution in [0.5, 0.6) is 5.75 Å². The maximum atomic E-state index is 13.0. The van der Waals surface area contributed by atoms with E-state index in [1.54, 1.807) is 14.0 Å². The van der Waals surface area contributed by atoms with Gasteiger partial charge in [0, 0.05) is 12.7 Å². The molecule has 0 radical (unpaired) electrons. The number of amides is 1. The van der Waals surface area contributed by atoms with E-state index in [4.69, 9.17) is 10.5 Å². The summed E-state index contributed by atoms with van der Waals surface area (Å²) in [6.45, 7) is 4.59. The number of ether oxygens (including phenoxy) is 1. The minimum atomic E-state index is -0.121. The number of carbonyl (C=O) groups is 1. The first kappa shape index (κ1) is 16.2. The van der Waals surface area contributed by atoms with Gasteiger partial charge in [-0.05, 0) is 37.0 Å². The highest BCUT2D eigenvalue weighted by molar-refractivity contribution is 5.98. The average Bonchev–Trinajstić information content (AvgIpc) is 2.96. The topological polar surface area (TPSA) is 81.3 Å². The lowest BCUT2D eigenvalue weighted by Crippen LogP contribution is -2.32. The second-order valence-corrected chi connectivity index (χ2v) is 6.31. The van der Waals surface area contributed by atoms with E-state index >= 15 is 0 Å². The summed E-state index contributed by atoms with van der Waals surface area (Å²) in [4.78, 5) is 23.1. The van der Waals surface area contributed by atoms with E-state index < -0.39 is 0 Å². The van der Waals surface area contributed by atoms with Crippen molar-refractivity contribution in [2.24, 2.45) is 5.92 Å². The molecule has 1 aromatic carbocycles. The van der Waals surface area contributed by atoms with Gasteiger partial charge in [-0.15, -0.1) is 0 Å². The molecule has 0 bridgehead atoms. The zero-order chi connectivity index (χ0) is 17.3. The number of carbonyl (C=O) groups excluding carboxylic acids is 1. The summed E-state index contributed by atoms with van der Waals surface area (Å²) in [5.74, 6) is 1.87. The zero-order valence-corrected chi connectivity index (χ0v) is 14.2. The Morgan fingerprint density at radius 2 is 2.21 bits per heavy atom. The Kier molecular flexibility index (Phi) is 4.38. The van der Waals surface area contributed by atoms with Crippen LogP contribution in [-0.4, -0.2) is 34.4 Å². The van der Waals surface area contributed by atoms with Crippen LogP contribution in [0.15, 0.2) is 30.5 Å². The summed E-state index contributed by atoms with van der Waals surface area (Å²) in [5, 5.41) is 0. The number of anilines is 1. The fraction of sp³-hybridized carbons (Fsp3) is 0.389. The summed E-state index contributed by atoms with van der Waals surface area (Å²) < 4.78 is 5.31.